The number of benzene rings is 1. The topological polar surface area (TPSA) is 60.4 Å². The van der Waals surface area contributed by atoms with Gasteiger partial charge in [0.1, 0.15) is 0 Å². The number of carboxylic acid groups (broad SMARTS) is 1. The second-order valence-electron chi connectivity index (χ2n) is 2.83. The van der Waals surface area contributed by atoms with Crippen LogP contribution in [0, 0.1) is 0 Å². The normalized spacial score (nSPS) is 11.5. The third-order valence-electron chi connectivity index (χ3n) is 1.85. The zero-order valence-electron chi connectivity index (χ0n) is 7.96. The molecular formula is C9H6ClF2O3S-. The quantitative estimate of drug-likeness (QED) is 0.675. The van der Waals surface area contributed by atoms with Crippen LogP contribution in [-0.4, -0.2) is 17.3 Å². The lowest BCUT2D eigenvalue weighted by Crippen LogP contribution is -2.11. The smallest absolute Gasteiger partial charge is 0.349 e. The lowest BCUT2D eigenvalue weighted by atomic mass is 10.1. The van der Waals surface area contributed by atoms with Crippen molar-refractivity contribution in [1.82, 2.24) is 0 Å². The van der Waals surface area contributed by atoms with Gasteiger partial charge in [0.2, 0.25) is 0 Å². The number of alkyl halides is 3. The van der Waals surface area contributed by atoms with Crippen molar-refractivity contribution in [2.45, 2.75) is 10.3 Å². The maximum Gasteiger partial charge on any atom is 0.349 e. The van der Waals surface area contributed by atoms with E-state index in [2.05, 4.69) is 0 Å². The third kappa shape index (κ3) is 2.38. The minimum absolute atomic E-state index is 0.347. The van der Waals surface area contributed by atoms with Crippen LogP contribution in [0.25, 0.3) is 0 Å². The molecule has 0 radical (unpaired) electrons. The summed E-state index contributed by atoms with van der Waals surface area (Å²) >= 11 is 5.55. The van der Waals surface area contributed by atoms with Crippen LogP contribution in [0.3, 0.4) is 0 Å². The lowest BCUT2D eigenvalue weighted by Gasteiger charge is -2.20. The minimum Gasteiger partial charge on any atom is -0.871 e. The molecule has 0 amide bonds. The van der Waals surface area contributed by atoms with Gasteiger partial charge in [-0.15, -0.1) is 11.8 Å². The summed E-state index contributed by atoms with van der Waals surface area (Å²) in [7, 11) is 0. The largest absolute Gasteiger partial charge is 0.871 e. The van der Waals surface area contributed by atoms with Crippen molar-refractivity contribution in [2.75, 3.05) is 6.26 Å². The van der Waals surface area contributed by atoms with Crippen LogP contribution in [0.1, 0.15) is 15.9 Å². The number of rotatable bonds is 3. The van der Waals surface area contributed by atoms with Gasteiger partial charge in [0.05, 0.1) is 11.1 Å². The van der Waals surface area contributed by atoms with E-state index in [0.717, 1.165) is 23.9 Å². The lowest BCUT2D eigenvalue weighted by molar-refractivity contribution is -0.273. The van der Waals surface area contributed by atoms with Gasteiger partial charge in [-0.1, -0.05) is 5.75 Å². The highest BCUT2D eigenvalue weighted by molar-refractivity contribution is 7.98. The molecule has 0 aliphatic rings. The fourth-order valence-corrected chi connectivity index (χ4v) is 2.08. The Morgan fingerprint density at radius 2 is 2.12 bits per heavy atom. The van der Waals surface area contributed by atoms with Crippen LogP contribution < -0.4 is 5.11 Å². The van der Waals surface area contributed by atoms with Gasteiger partial charge in [-0.2, -0.15) is 8.78 Å². The fraction of sp³-hybridized carbons (Fsp3) is 0.222. The van der Waals surface area contributed by atoms with Crippen LogP contribution >= 0.6 is 23.4 Å². The Bertz CT molecular complexity index is 431. The van der Waals surface area contributed by atoms with Crippen molar-refractivity contribution < 1.29 is 23.8 Å². The first-order chi connectivity index (χ1) is 7.29. The summed E-state index contributed by atoms with van der Waals surface area (Å²) in [6.07, 6.45) is 1.40. The Morgan fingerprint density at radius 1 is 1.56 bits per heavy atom. The Kier molecular flexibility index (Phi) is 3.64. The molecule has 0 saturated carbocycles. The maximum atomic E-state index is 12.9. The predicted molar refractivity (Wildman–Crippen MR) is 54.4 cm³/mol. The number of hydrogen-bond donors (Lipinski definition) is 1. The van der Waals surface area contributed by atoms with E-state index in [0.29, 0.717) is 0 Å². The highest BCUT2D eigenvalue weighted by atomic mass is 35.5. The predicted octanol–water partition coefficient (Wildman–Crippen LogP) is 2.47. The molecule has 7 heteroatoms. The molecule has 1 aromatic rings. The molecular weight excluding hydrogens is 262 g/mol. The van der Waals surface area contributed by atoms with Crippen molar-refractivity contribution in [3.8, 4) is 5.75 Å². The number of thioether (sulfide) groups is 1. The molecule has 1 aromatic carbocycles. The average Bonchev–Trinajstić information content (AvgIpc) is 2.15. The Labute approximate surface area is 99.0 Å². The zero-order chi connectivity index (χ0) is 12.5. The zero-order valence-corrected chi connectivity index (χ0v) is 9.53. The fourth-order valence-electron chi connectivity index (χ4n) is 1.16. The Morgan fingerprint density at radius 3 is 2.50 bits per heavy atom. The van der Waals surface area contributed by atoms with Crippen LogP contribution in [0.5, 0.6) is 5.75 Å². The third-order valence-corrected chi connectivity index (χ3v) is 2.87. The van der Waals surface area contributed by atoms with Gasteiger partial charge in [0.15, 0.2) is 0 Å². The molecule has 0 aliphatic heterocycles. The van der Waals surface area contributed by atoms with Crippen molar-refractivity contribution in [3.63, 3.8) is 0 Å². The molecule has 0 atom stereocenters. The van der Waals surface area contributed by atoms with Gasteiger partial charge < -0.3 is 10.2 Å². The van der Waals surface area contributed by atoms with E-state index < -0.39 is 28.2 Å². The molecule has 0 bridgehead atoms. The van der Waals surface area contributed by atoms with Gasteiger partial charge in [-0.25, -0.2) is 4.79 Å². The van der Waals surface area contributed by atoms with Crippen molar-refractivity contribution in [2.24, 2.45) is 0 Å². The summed E-state index contributed by atoms with van der Waals surface area (Å²) in [6.45, 7) is 0. The number of carboxylic acids is 1. The van der Waals surface area contributed by atoms with Crippen LogP contribution in [-0.2, 0) is 5.38 Å². The van der Waals surface area contributed by atoms with E-state index in [1.54, 1.807) is 0 Å². The molecule has 0 aliphatic carbocycles. The highest BCUT2D eigenvalue weighted by Crippen LogP contribution is 2.42. The molecule has 0 spiro atoms. The first-order valence-corrected chi connectivity index (χ1v) is 5.57. The van der Waals surface area contributed by atoms with Gasteiger partial charge >= 0.3 is 11.4 Å². The van der Waals surface area contributed by atoms with Gasteiger partial charge in [-0.3, -0.25) is 0 Å². The van der Waals surface area contributed by atoms with Gasteiger partial charge in [0.25, 0.3) is 0 Å². The molecule has 0 aromatic heterocycles. The Hall–Kier alpha value is -1.01. The molecule has 1 N–H and O–H groups in total. The van der Waals surface area contributed by atoms with E-state index in [-0.39, 0.29) is 4.90 Å². The summed E-state index contributed by atoms with van der Waals surface area (Å²) in [6, 6.07) is 1.68. The first kappa shape index (κ1) is 13.1. The standard InChI is InChI=1S/C9H7ClF2O3S/c1-16-7-5(9(10,11)12)3-2-4(6(7)13)8(14)15/h2-3,13H,1H3,(H,14,15)/p-1. The summed E-state index contributed by atoms with van der Waals surface area (Å²) in [5.41, 5.74) is -1.22. The number of carbonyl (C=O) groups is 1. The minimum atomic E-state index is -3.69. The van der Waals surface area contributed by atoms with Gasteiger partial charge in [-0.05, 0) is 30.0 Å². The number of halogens is 3. The summed E-state index contributed by atoms with van der Waals surface area (Å²) in [4.78, 5) is 10.3. The van der Waals surface area contributed by atoms with E-state index in [9.17, 15) is 18.7 Å². The van der Waals surface area contributed by atoms with Crippen molar-refractivity contribution in [1.29, 1.82) is 0 Å². The van der Waals surface area contributed by atoms with Crippen LogP contribution in [0.15, 0.2) is 17.0 Å². The maximum absolute atomic E-state index is 12.9. The second kappa shape index (κ2) is 4.47. The number of aromatic carboxylic acids is 1. The summed E-state index contributed by atoms with van der Waals surface area (Å²) < 4.78 is 25.8. The van der Waals surface area contributed by atoms with Crippen LogP contribution in [0.2, 0.25) is 0 Å². The Balaban J connectivity index is 3.47. The van der Waals surface area contributed by atoms with E-state index >= 15 is 0 Å². The van der Waals surface area contributed by atoms with E-state index in [1.165, 1.54) is 6.26 Å². The van der Waals surface area contributed by atoms with Gasteiger partial charge in [0, 0.05) is 4.90 Å². The second-order valence-corrected chi connectivity index (χ2v) is 4.12. The van der Waals surface area contributed by atoms with Crippen LogP contribution in [0.4, 0.5) is 8.78 Å². The average molecular weight is 268 g/mol. The molecule has 0 fully saturated rings. The van der Waals surface area contributed by atoms with E-state index in [4.69, 9.17) is 16.7 Å². The molecule has 0 heterocycles. The van der Waals surface area contributed by atoms with E-state index in [1.807, 2.05) is 0 Å². The molecule has 3 nitrogen and oxygen atoms in total. The first-order valence-electron chi connectivity index (χ1n) is 3.97. The molecule has 0 unspecified atom stereocenters. The van der Waals surface area contributed by atoms with Crippen molar-refractivity contribution >= 4 is 29.3 Å². The monoisotopic (exact) mass is 267 g/mol. The summed E-state index contributed by atoms with van der Waals surface area (Å²) in [5.74, 6) is -2.40. The number of hydrogen-bond acceptors (Lipinski definition) is 3. The van der Waals surface area contributed by atoms with Crippen molar-refractivity contribution in [3.05, 3.63) is 23.3 Å². The molecule has 88 valence electrons. The molecule has 1 rings (SSSR count). The molecule has 16 heavy (non-hydrogen) atoms. The molecule has 0 saturated heterocycles. The summed E-state index contributed by atoms with van der Waals surface area (Å²) in [5, 5.41) is 16.5. The SMILES string of the molecule is CSc1c(C(F)(F)Cl)ccc(C(=O)O)c1[O-]. The highest BCUT2D eigenvalue weighted by Gasteiger charge is 2.31.